The maximum atomic E-state index is 5.53. The van der Waals surface area contributed by atoms with Crippen molar-refractivity contribution < 1.29 is 9.57 Å². The Kier molecular flexibility index (Phi) is 4.53. The normalized spacial score (nSPS) is 15.0. The third-order valence-electron chi connectivity index (χ3n) is 3.52. The van der Waals surface area contributed by atoms with Crippen LogP contribution in [0.3, 0.4) is 0 Å². The molecule has 26 heavy (non-hydrogen) atoms. The van der Waals surface area contributed by atoms with Gasteiger partial charge in [-0.05, 0) is 26.0 Å². The minimum atomic E-state index is -0.00778. The Labute approximate surface area is 154 Å². The van der Waals surface area contributed by atoms with E-state index in [1.807, 2.05) is 26.0 Å². The van der Waals surface area contributed by atoms with Crippen LogP contribution >= 0.6 is 11.3 Å². The third-order valence-corrected chi connectivity index (χ3v) is 4.56. The second-order valence-electron chi connectivity index (χ2n) is 5.85. The van der Waals surface area contributed by atoms with Crippen LogP contribution in [0.15, 0.2) is 35.9 Å². The van der Waals surface area contributed by atoms with Gasteiger partial charge in [-0.25, -0.2) is 9.97 Å². The number of hydrogen-bond acceptors (Lipinski definition) is 9. The molecule has 0 saturated carbocycles. The predicted molar refractivity (Wildman–Crippen MR) is 97.0 cm³/mol. The summed E-state index contributed by atoms with van der Waals surface area (Å²) in [6.45, 7) is 4.32. The molecule has 0 atom stereocenters. The highest BCUT2D eigenvalue weighted by molar-refractivity contribution is 7.18. The summed E-state index contributed by atoms with van der Waals surface area (Å²) in [5.41, 5.74) is 2.23. The van der Waals surface area contributed by atoms with Crippen LogP contribution < -0.4 is 4.74 Å². The number of hydrogen-bond donors (Lipinski definition) is 0. The van der Waals surface area contributed by atoms with Gasteiger partial charge < -0.3 is 9.57 Å². The molecule has 0 fully saturated rings. The monoisotopic (exact) mass is 368 g/mol. The highest BCUT2D eigenvalue weighted by Gasteiger charge is 2.23. The summed E-state index contributed by atoms with van der Waals surface area (Å²) in [7, 11) is 0. The molecule has 0 aliphatic carbocycles. The second kappa shape index (κ2) is 7.12. The van der Waals surface area contributed by atoms with E-state index in [0.29, 0.717) is 36.1 Å². The highest BCUT2D eigenvalue weighted by atomic mass is 32.1. The Bertz CT molecular complexity index is 941. The molecule has 0 saturated heterocycles. The van der Waals surface area contributed by atoms with Crippen molar-refractivity contribution in [3.05, 3.63) is 36.4 Å². The molecule has 3 aromatic heterocycles. The Morgan fingerprint density at radius 3 is 3.00 bits per heavy atom. The quantitative estimate of drug-likeness (QED) is 0.653. The van der Waals surface area contributed by atoms with Gasteiger partial charge in [0.05, 0.1) is 11.5 Å². The van der Waals surface area contributed by atoms with Crippen molar-refractivity contribution in [3.63, 3.8) is 0 Å². The number of thiazole rings is 1. The van der Waals surface area contributed by atoms with E-state index in [9.17, 15) is 0 Å². The SMILES string of the molecule is CC(C)O/N=C1\CCOc2nnc(-c3cnc(-c4cccnc4)s3)nc21. The summed E-state index contributed by atoms with van der Waals surface area (Å²) in [5.74, 6) is 0.863. The van der Waals surface area contributed by atoms with Gasteiger partial charge in [-0.2, -0.15) is 0 Å². The van der Waals surface area contributed by atoms with Crippen LogP contribution in [0, 0.1) is 0 Å². The molecule has 0 radical (unpaired) electrons. The largest absolute Gasteiger partial charge is 0.475 e. The van der Waals surface area contributed by atoms with Gasteiger partial charge in [-0.3, -0.25) is 4.98 Å². The number of oxime groups is 1. The van der Waals surface area contributed by atoms with E-state index in [-0.39, 0.29) is 6.10 Å². The summed E-state index contributed by atoms with van der Waals surface area (Å²) < 4.78 is 5.53. The van der Waals surface area contributed by atoms with Crippen molar-refractivity contribution in [2.75, 3.05) is 6.61 Å². The summed E-state index contributed by atoms with van der Waals surface area (Å²) in [6, 6.07) is 3.84. The van der Waals surface area contributed by atoms with Gasteiger partial charge in [0, 0.05) is 30.6 Å². The number of aromatic nitrogens is 5. The third kappa shape index (κ3) is 3.38. The fourth-order valence-electron chi connectivity index (χ4n) is 2.33. The fraction of sp³-hybridized carbons (Fsp3) is 0.294. The maximum absolute atomic E-state index is 5.53. The minimum absolute atomic E-state index is 0.00778. The summed E-state index contributed by atoms with van der Waals surface area (Å²) >= 11 is 1.48. The first-order valence-electron chi connectivity index (χ1n) is 8.18. The molecule has 0 aromatic carbocycles. The molecule has 0 bridgehead atoms. The van der Waals surface area contributed by atoms with Crippen LogP contribution in [-0.4, -0.2) is 43.6 Å². The average molecular weight is 368 g/mol. The number of nitrogens with zero attached hydrogens (tertiary/aromatic N) is 6. The van der Waals surface area contributed by atoms with Gasteiger partial charge in [0.15, 0.2) is 11.5 Å². The Morgan fingerprint density at radius 1 is 1.27 bits per heavy atom. The van der Waals surface area contributed by atoms with E-state index in [4.69, 9.17) is 9.57 Å². The zero-order valence-corrected chi connectivity index (χ0v) is 15.1. The zero-order valence-electron chi connectivity index (χ0n) is 14.3. The van der Waals surface area contributed by atoms with E-state index in [1.54, 1.807) is 18.6 Å². The smallest absolute Gasteiger partial charge is 0.261 e. The topological polar surface area (TPSA) is 95.3 Å². The predicted octanol–water partition coefficient (Wildman–Crippen LogP) is 2.97. The summed E-state index contributed by atoms with van der Waals surface area (Å²) in [6.07, 6.45) is 5.85. The summed E-state index contributed by atoms with van der Waals surface area (Å²) in [4.78, 5) is 19.3. The minimum Gasteiger partial charge on any atom is -0.475 e. The van der Waals surface area contributed by atoms with Crippen LogP contribution in [-0.2, 0) is 4.84 Å². The Morgan fingerprint density at radius 2 is 2.19 bits per heavy atom. The highest BCUT2D eigenvalue weighted by Crippen LogP contribution is 2.31. The molecule has 8 nitrogen and oxygen atoms in total. The van der Waals surface area contributed by atoms with Crippen molar-refractivity contribution in [3.8, 4) is 27.2 Å². The van der Waals surface area contributed by atoms with Crippen LogP contribution in [0.2, 0.25) is 0 Å². The molecule has 9 heteroatoms. The number of ether oxygens (including phenoxy) is 1. The molecule has 1 aliphatic heterocycles. The molecule has 0 spiro atoms. The van der Waals surface area contributed by atoms with Gasteiger partial charge in [0.1, 0.15) is 16.8 Å². The van der Waals surface area contributed by atoms with Gasteiger partial charge in [0.25, 0.3) is 5.88 Å². The molecule has 0 unspecified atom stereocenters. The maximum Gasteiger partial charge on any atom is 0.261 e. The van der Waals surface area contributed by atoms with Crippen molar-refractivity contribution >= 4 is 17.0 Å². The Balaban J connectivity index is 1.68. The molecule has 1 aliphatic rings. The van der Waals surface area contributed by atoms with E-state index in [0.717, 1.165) is 15.4 Å². The molecule has 3 aromatic rings. The lowest BCUT2D eigenvalue weighted by molar-refractivity contribution is 0.0848. The first kappa shape index (κ1) is 16.5. The zero-order chi connectivity index (χ0) is 17.9. The standard InChI is InChI=1S/C17H16N6O2S/c1-10(2)25-23-12-5-7-24-16-14(12)20-15(21-22-16)13-9-19-17(26-13)11-4-3-6-18-8-11/h3-4,6,8-10H,5,7H2,1-2H3/b23-12+. The lowest BCUT2D eigenvalue weighted by Gasteiger charge is -2.16. The molecular formula is C17H16N6O2S. The van der Waals surface area contributed by atoms with Gasteiger partial charge in [0.2, 0.25) is 0 Å². The molecule has 0 amide bonds. The first-order valence-corrected chi connectivity index (χ1v) is 8.99. The molecular weight excluding hydrogens is 352 g/mol. The average Bonchev–Trinajstić information content (AvgIpc) is 3.17. The van der Waals surface area contributed by atoms with Crippen LogP contribution in [0.25, 0.3) is 21.3 Å². The molecule has 0 N–H and O–H groups in total. The van der Waals surface area contributed by atoms with Crippen LogP contribution in [0.4, 0.5) is 0 Å². The van der Waals surface area contributed by atoms with E-state index < -0.39 is 0 Å². The molecule has 4 rings (SSSR count). The van der Waals surface area contributed by atoms with Crippen molar-refractivity contribution in [2.45, 2.75) is 26.4 Å². The first-order chi connectivity index (χ1) is 12.7. The second-order valence-corrected chi connectivity index (χ2v) is 6.88. The van der Waals surface area contributed by atoms with Crippen molar-refractivity contribution in [2.24, 2.45) is 5.16 Å². The van der Waals surface area contributed by atoms with Crippen molar-refractivity contribution in [1.82, 2.24) is 25.1 Å². The molecule has 132 valence electrons. The van der Waals surface area contributed by atoms with E-state index >= 15 is 0 Å². The van der Waals surface area contributed by atoms with Gasteiger partial charge >= 0.3 is 0 Å². The Hall–Kier alpha value is -2.94. The lowest BCUT2D eigenvalue weighted by Crippen LogP contribution is -2.21. The molecule has 4 heterocycles. The van der Waals surface area contributed by atoms with E-state index in [2.05, 4.69) is 30.3 Å². The number of fused-ring (bicyclic) bond motifs is 1. The fourth-order valence-corrected chi connectivity index (χ4v) is 3.16. The van der Waals surface area contributed by atoms with Gasteiger partial charge in [-0.15, -0.1) is 21.5 Å². The van der Waals surface area contributed by atoms with Crippen molar-refractivity contribution in [1.29, 1.82) is 0 Å². The number of rotatable bonds is 4. The lowest BCUT2D eigenvalue weighted by atomic mass is 10.2. The number of pyridine rings is 1. The summed E-state index contributed by atoms with van der Waals surface area (Å²) in [5, 5.41) is 13.4. The van der Waals surface area contributed by atoms with Crippen LogP contribution in [0.1, 0.15) is 26.0 Å². The van der Waals surface area contributed by atoms with Crippen LogP contribution in [0.5, 0.6) is 5.88 Å². The van der Waals surface area contributed by atoms with E-state index in [1.165, 1.54) is 11.3 Å². The van der Waals surface area contributed by atoms with Gasteiger partial charge in [-0.1, -0.05) is 5.16 Å².